The zero-order chi connectivity index (χ0) is 15.5. The maximum absolute atomic E-state index is 11.6. The molecule has 112 valence electrons. The van der Waals surface area contributed by atoms with Gasteiger partial charge >= 0.3 is 5.97 Å². The van der Waals surface area contributed by atoms with E-state index in [0.717, 1.165) is 11.3 Å². The minimum atomic E-state index is -0.482. The summed E-state index contributed by atoms with van der Waals surface area (Å²) in [6.07, 6.45) is 0. The zero-order valence-electron chi connectivity index (χ0n) is 12.1. The lowest BCUT2D eigenvalue weighted by Gasteiger charge is -2.19. The molecule has 1 heterocycles. The maximum Gasteiger partial charge on any atom is 0.325 e. The maximum atomic E-state index is 11.6. The third kappa shape index (κ3) is 4.72. The summed E-state index contributed by atoms with van der Waals surface area (Å²) in [6.45, 7) is 5.60. The van der Waals surface area contributed by atoms with Gasteiger partial charge in [-0.1, -0.05) is 29.8 Å². The van der Waals surface area contributed by atoms with E-state index in [1.54, 1.807) is 0 Å². The standard InChI is InChI=1S/C15H17ClN2O2S/c1-15(2,3)20-13(19)8-17-14-18-12(9-21-14)10-6-4-5-7-11(10)16/h4-7,9H,8H2,1-3H3,(H,17,18). The van der Waals surface area contributed by atoms with Crippen LogP contribution in [0.15, 0.2) is 29.6 Å². The summed E-state index contributed by atoms with van der Waals surface area (Å²) in [4.78, 5) is 16.1. The van der Waals surface area contributed by atoms with E-state index >= 15 is 0 Å². The predicted octanol–water partition coefficient (Wildman–Crippen LogP) is 4.22. The number of ether oxygens (including phenoxy) is 1. The quantitative estimate of drug-likeness (QED) is 0.856. The first-order valence-electron chi connectivity index (χ1n) is 6.51. The number of nitrogens with zero attached hydrogens (tertiary/aromatic N) is 1. The average Bonchev–Trinajstić information content (AvgIpc) is 2.83. The number of thiazole rings is 1. The fourth-order valence-corrected chi connectivity index (χ4v) is 2.61. The summed E-state index contributed by atoms with van der Waals surface area (Å²) in [5.74, 6) is -0.308. The smallest absolute Gasteiger partial charge is 0.325 e. The van der Waals surface area contributed by atoms with Crippen LogP contribution in [0.1, 0.15) is 20.8 Å². The summed E-state index contributed by atoms with van der Waals surface area (Å²) in [7, 11) is 0. The Morgan fingerprint density at radius 1 is 1.38 bits per heavy atom. The van der Waals surface area contributed by atoms with Gasteiger partial charge in [-0.2, -0.15) is 0 Å². The number of nitrogens with one attached hydrogen (secondary N) is 1. The van der Waals surface area contributed by atoms with Crippen molar-refractivity contribution in [2.45, 2.75) is 26.4 Å². The molecule has 0 fully saturated rings. The second kappa shape index (κ2) is 6.45. The molecule has 0 unspecified atom stereocenters. The number of hydrogen-bond acceptors (Lipinski definition) is 5. The van der Waals surface area contributed by atoms with Gasteiger partial charge in [0.2, 0.25) is 0 Å². The topological polar surface area (TPSA) is 51.2 Å². The van der Waals surface area contributed by atoms with Crippen molar-refractivity contribution < 1.29 is 9.53 Å². The number of esters is 1. The van der Waals surface area contributed by atoms with Crippen molar-refractivity contribution in [1.29, 1.82) is 0 Å². The molecule has 0 saturated carbocycles. The molecule has 0 radical (unpaired) electrons. The van der Waals surface area contributed by atoms with Gasteiger partial charge in [0.05, 0.1) is 5.69 Å². The molecule has 2 aromatic rings. The highest BCUT2D eigenvalue weighted by atomic mass is 35.5. The minimum Gasteiger partial charge on any atom is -0.459 e. The lowest BCUT2D eigenvalue weighted by atomic mass is 10.2. The fraction of sp³-hybridized carbons (Fsp3) is 0.333. The van der Waals surface area contributed by atoms with Crippen LogP contribution in [-0.4, -0.2) is 23.1 Å². The lowest BCUT2D eigenvalue weighted by molar-refractivity contribution is -0.152. The van der Waals surface area contributed by atoms with Crippen LogP contribution in [0.2, 0.25) is 5.02 Å². The first-order chi connectivity index (χ1) is 9.85. The van der Waals surface area contributed by atoms with Gasteiger partial charge in [0.15, 0.2) is 5.13 Å². The van der Waals surface area contributed by atoms with Crippen molar-refractivity contribution in [2.24, 2.45) is 0 Å². The lowest BCUT2D eigenvalue weighted by Crippen LogP contribution is -2.28. The van der Waals surface area contributed by atoms with E-state index in [1.807, 2.05) is 50.4 Å². The van der Waals surface area contributed by atoms with E-state index in [1.165, 1.54) is 11.3 Å². The number of benzene rings is 1. The number of anilines is 1. The van der Waals surface area contributed by atoms with Gasteiger partial charge in [0, 0.05) is 16.0 Å². The molecule has 0 saturated heterocycles. The zero-order valence-corrected chi connectivity index (χ0v) is 13.7. The van der Waals surface area contributed by atoms with Gasteiger partial charge < -0.3 is 10.1 Å². The molecule has 6 heteroatoms. The second-order valence-corrected chi connectivity index (χ2v) is 6.72. The molecule has 0 aliphatic heterocycles. The molecule has 0 spiro atoms. The van der Waals surface area contributed by atoms with E-state index in [9.17, 15) is 4.79 Å². The third-order valence-corrected chi connectivity index (χ3v) is 3.59. The summed E-state index contributed by atoms with van der Waals surface area (Å²) in [5, 5.41) is 6.18. The van der Waals surface area contributed by atoms with Gasteiger partial charge in [-0.3, -0.25) is 4.79 Å². The molecule has 1 aromatic heterocycles. The summed E-state index contributed by atoms with van der Waals surface area (Å²) in [5.41, 5.74) is 1.18. The average molecular weight is 325 g/mol. The molecular formula is C15H17ClN2O2S. The Bertz CT molecular complexity index is 635. The Kier molecular flexibility index (Phi) is 4.85. The number of aromatic nitrogens is 1. The molecule has 2 rings (SSSR count). The third-order valence-electron chi connectivity index (χ3n) is 2.46. The van der Waals surface area contributed by atoms with E-state index in [4.69, 9.17) is 16.3 Å². The Balaban J connectivity index is 1.98. The van der Waals surface area contributed by atoms with Crippen LogP contribution in [0.25, 0.3) is 11.3 Å². The highest BCUT2D eigenvalue weighted by molar-refractivity contribution is 7.14. The molecule has 0 aliphatic rings. The number of hydrogen-bond donors (Lipinski definition) is 1. The molecule has 0 bridgehead atoms. The first kappa shape index (κ1) is 15.8. The van der Waals surface area contributed by atoms with Crippen LogP contribution >= 0.6 is 22.9 Å². The van der Waals surface area contributed by atoms with Crippen molar-refractivity contribution in [3.63, 3.8) is 0 Å². The number of rotatable bonds is 4. The van der Waals surface area contributed by atoms with Gasteiger partial charge in [0.1, 0.15) is 12.1 Å². The van der Waals surface area contributed by atoms with E-state index < -0.39 is 5.60 Å². The van der Waals surface area contributed by atoms with Crippen LogP contribution in [0.5, 0.6) is 0 Å². The molecule has 0 atom stereocenters. The highest BCUT2D eigenvalue weighted by Crippen LogP contribution is 2.30. The number of carbonyl (C=O) groups excluding carboxylic acids is 1. The van der Waals surface area contributed by atoms with Crippen LogP contribution in [0.3, 0.4) is 0 Å². The Hall–Kier alpha value is -1.59. The fourth-order valence-electron chi connectivity index (χ4n) is 1.67. The minimum absolute atomic E-state index is 0.0900. The summed E-state index contributed by atoms with van der Waals surface area (Å²) in [6, 6.07) is 7.52. The van der Waals surface area contributed by atoms with Crippen molar-refractivity contribution in [2.75, 3.05) is 11.9 Å². The number of carbonyl (C=O) groups is 1. The van der Waals surface area contributed by atoms with Crippen LogP contribution in [0.4, 0.5) is 5.13 Å². The Morgan fingerprint density at radius 2 is 2.10 bits per heavy atom. The van der Waals surface area contributed by atoms with E-state index in [2.05, 4.69) is 10.3 Å². The van der Waals surface area contributed by atoms with Gasteiger partial charge in [-0.05, 0) is 26.8 Å². The number of halogens is 1. The monoisotopic (exact) mass is 324 g/mol. The predicted molar refractivity (Wildman–Crippen MR) is 86.9 cm³/mol. The van der Waals surface area contributed by atoms with Crippen molar-refractivity contribution in [3.05, 3.63) is 34.7 Å². The first-order valence-corrected chi connectivity index (χ1v) is 7.77. The Morgan fingerprint density at radius 3 is 2.76 bits per heavy atom. The van der Waals surface area contributed by atoms with Crippen LogP contribution in [0, 0.1) is 0 Å². The molecule has 21 heavy (non-hydrogen) atoms. The van der Waals surface area contributed by atoms with E-state index in [0.29, 0.717) is 10.2 Å². The van der Waals surface area contributed by atoms with Crippen molar-refractivity contribution >= 4 is 34.0 Å². The molecular weight excluding hydrogens is 308 g/mol. The SMILES string of the molecule is CC(C)(C)OC(=O)CNc1nc(-c2ccccc2Cl)cs1. The van der Waals surface area contributed by atoms with Gasteiger partial charge in [-0.15, -0.1) is 11.3 Å². The largest absolute Gasteiger partial charge is 0.459 e. The molecule has 1 N–H and O–H groups in total. The molecule has 4 nitrogen and oxygen atoms in total. The summed E-state index contributed by atoms with van der Waals surface area (Å²) < 4.78 is 5.22. The normalized spacial score (nSPS) is 11.2. The summed E-state index contributed by atoms with van der Waals surface area (Å²) >= 11 is 7.56. The highest BCUT2D eigenvalue weighted by Gasteiger charge is 2.16. The van der Waals surface area contributed by atoms with E-state index in [-0.39, 0.29) is 12.5 Å². The van der Waals surface area contributed by atoms with Crippen molar-refractivity contribution in [3.8, 4) is 11.3 Å². The molecule has 1 aromatic carbocycles. The van der Waals surface area contributed by atoms with Gasteiger partial charge in [-0.25, -0.2) is 4.98 Å². The Labute approximate surface area is 133 Å². The second-order valence-electron chi connectivity index (χ2n) is 5.46. The van der Waals surface area contributed by atoms with Crippen LogP contribution < -0.4 is 5.32 Å². The molecule has 0 amide bonds. The van der Waals surface area contributed by atoms with Gasteiger partial charge in [0.25, 0.3) is 0 Å². The van der Waals surface area contributed by atoms with Crippen molar-refractivity contribution in [1.82, 2.24) is 4.98 Å². The molecule has 0 aliphatic carbocycles. The van der Waals surface area contributed by atoms with Crippen LogP contribution in [-0.2, 0) is 9.53 Å².